The summed E-state index contributed by atoms with van der Waals surface area (Å²) >= 11 is 12.6. The third kappa shape index (κ3) is 4.81. The van der Waals surface area contributed by atoms with Gasteiger partial charge in [-0.1, -0.05) is 23.2 Å². The number of nitrogens with one attached hydrogen (secondary N) is 2. The molecule has 2 rings (SSSR count). The van der Waals surface area contributed by atoms with E-state index >= 15 is 0 Å². The maximum Gasteiger partial charge on any atom is 0.328 e. The van der Waals surface area contributed by atoms with Gasteiger partial charge in [0.2, 0.25) is 5.91 Å². The summed E-state index contributed by atoms with van der Waals surface area (Å²) < 4.78 is 0. The molecule has 0 spiro atoms. The molecule has 0 fully saturated rings. The zero-order valence-electron chi connectivity index (χ0n) is 14.3. The van der Waals surface area contributed by atoms with Crippen molar-refractivity contribution in [1.82, 2.24) is 15.5 Å². The first kappa shape index (κ1) is 20.8. The Kier molecular flexibility index (Phi) is 6.50. The standard InChI is InChI=1S/C16H18Cl2N4O5/c1-7(23)22-3-2-9-8(6-22)4-10(17)12(13(9)18)14(24)21-11(15(25)26)5-20-16(19)27/h4,11H,2-3,5-6H2,1H3,(H,21,24)(H,25,26)(H3,19,20,27)/t11-/m0/s1. The molecule has 1 aromatic carbocycles. The van der Waals surface area contributed by atoms with Crippen LogP contribution in [0.5, 0.6) is 0 Å². The number of aliphatic carboxylic acids is 1. The number of halogens is 2. The lowest BCUT2D eigenvalue weighted by atomic mass is 9.96. The van der Waals surface area contributed by atoms with Crippen molar-refractivity contribution in [3.05, 3.63) is 32.8 Å². The smallest absolute Gasteiger partial charge is 0.328 e. The fourth-order valence-electron chi connectivity index (χ4n) is 2.76. The topological polar surface area (TPSA) is 142 Å². The highest BCUT2D eigenvalue weighted by molar-refractivity contribution is 6.40. The van der Waals surface area contributed by atoms with E-state index in [1.165, 1.54) is 6.92 Å². The molecule has 5 N–H and O–H groups in total. The van der Waals surface area contributed by atoms with Crippen LogP contribution in [0.15, 0.2) is 6.07 Å². The number of fused-ring (bicyclic) bond motifs is 1. The van der Waals surface area contributed by atoms with Gasteiger partial charge >= 0.3 is 12.0 Å². The minimum atomic E-state index is -1.42. The van der Waals surface area contributed by atoms with E-state index in [4.69, 9.17) is 28.9 Å². The van der Waals surface area contributed by atoms with Gasteiger partial charge in [-0.25, -0.2) is 9.59 Å². The molecule has 0 saturated heterocycles. The summed E-state index contributed by atoms with van der Waals surface area (Å²) in [5, 5.41) is 13.7. The summed E-state index contributed by atoms with van der Waals surface area (Å²) in [6.45, 7) is 1.84. The first-order valence-corrected chi connectivity index (χ1v) is 8.69. The van der Waals surface area contributed by atoms with Crippen LogP contribution in [0.25, 0.3) is 0 Å². The van der Waals surface area contributed by atoms with Gasteiger partial charge in [0, 0.05) is 20.0 Å². The first-order valence-electron chi connectivity index (χ1n) is 7.94. The monoisotopic (exact) mass is 416 g/mol. The van der Waals surface area contributed by atoms with Crippen LogP contribution in [0.4, 0.5) is 4.79 Å². The molecular formula is C16H18Cl2N4O5. The molecule has 0 aliphatic carbocycles. The van der Waals surface area contributed by atoms with E-state index in [2.05, 4.69) is 10.6 Å². The van der Waals surface area contributed by atoms with Gasteiger partial charge in [-0.15, -0.1) is 0 Å². The largest absolute Gasteiger partial charge is 0.480 e. The van der Waals surface area contributed by atoms with Crippen molar-refractivity contribution in [1.29, 1.82) is 0 Å². The average molecular weight is 417 g/mol. The molecular weight excluding hydrogens is 399 g/mol. The molecule has 0 bridgehead atoms. The number of carbonyl (C=O) groups excluding carboxylic acids is 3. The summed E-state index contributed by atoms with van der Waals surface area (Å²) in [6, 6.07) is -0.791. The number of carboxylic acid groups (broad SMARTS) is 1. The van der Waals surface area contributed by atoms with E-state index in [9.17, 15) is 24.3 Å². The first-order chi connectivity index (χ1) is 12.6. The van der Waals surface area contributed by atoms with Crippen molar-refractivity contribution < 1.29 is 24.3 Å². The summed E-state index contributed by atoms with van der Waals surface area (Å²) in [6.07, 6.45) is 0.441. The quantitative estimate of drug-likeness (QED) is 0.559. The predicted octanol–water partition coefficient (Wildman–Crippen LogP) is 0.749. The Balaban J connectivity index is 2.28. The van der Waals surface area contributed by atoms with E-state index < -0.39 is 30.5 Å². The van der Waals surface area contributed by atoms with E-state index in [1.54, 1.807) is 11.0 Å². The number of carboxylic acids is 1. The van der Waals surface area contributed by atoms with E-state index in [0.717, 1.165) is 5.56 Å². The number of hydrogen-bond acceptors (Lipinski definition) is 4. The van der Waals surface area contributed by atoms with Crippen LogP contribution in [-0.4, -0.2) is 53.0 Å². The number of rotatable bonds is 5. The van der Waals surface area contributed by atoms with Crippen molar-refractivity contribution >= 4 is 47.0 Å². The molecule has 0 saturated carbocycles. The Morgan fingerprint density at radius 2 is 2.00 bits per heavy atom. The Hall–Kier alpha value is -2.52. The van der Waals surface area contributed by atoms with E-state index in [-0.39, 0.29) is 21.5 Å². The van der Waals surface area contributed by atoms with Crippen LogP contribution in [0.3, 0.4) is 0 Å². The van der Waals surface area contributed by atoms with Gasteiger partial charge < -0.3 is 26.4 Å². The molecule has 9 nitrogen and oxygen atoms in total. The van der Waals surface area contributed by atoms with Gasteiger partial charge in [-0.3, -0.25) is 9.59 Å². The summed E-state index contributed by atoms with van der Waals surface area (Å²) in [4.78, 5) is 47.8. The van der Waals surface area contributed by atoms with Crippen LogP contribution in [0.1, 0.15) is 28.4 Å². The second kappa shape index (κ2) is 8.45. The zero-order chi connectivity index (χ0) is 20.3. The van der Waals surface area contributed by atoms with Crippen molar-refractivity contribution in [3.63, 3.8) is 0 Å². The molecule has 27 heavy (non-hydrogen) atoms. The number of carbonyl (C=O) groups is 4. The number of urea groups is 1. The number of nitrogens with zero attached hydrogens (tertiary/aromatic N) is 1. The molecule has 0 radical (unpaired) electrons. The van der Waals surface area contributed by atoms with Crippen LogP contribution in [0, 0.1) is 0 Å². The number of hydrogen-bond donors (Lipinski definition) is 4. The summed E-state index contributed by atoms with van der Waals surface area (Å²) in [7, 11) is 0. The van der Waals surface area contributed by atoms with Gasteiger partial charge in [0.25, 0.3) is 5.91 Å². The molecule has 0 unspecified atom stereocenters. The van der Waals surface area contributed by atoms with Gasteiger partial charge in [-0.2, -0.15) is 0 Å². The number of benzene rings is 1. The number of nitrogens with two attached hydrogens (primary N) is 1. The molecule has 4 amide bonds. The highest BCUT2D eigenvalue weighted by Gasteiger charge is 2.28. The van der Waals surface area contributed by atoms with E-state index in [1.807, 2.05) is 0 Å². The molecule has 1 atom stereocenters. The molecule has 146 valence electrons. The maximum atomic E-state index is 12.6. The lowest BCUT2D eigenvalue weighted by Gasteiger charge is -2.29. The van der Waals surface area contributed by atoms with E-state index in [0.29, 0.717) is 25.1 Å². The summed E-state index contributed by atoms with van der Waals surface area (Å²) in [5.41, 5.74) is 6.27. The molecule has 0 aromatic heterocycles. The fourth-order valence-corrected chi connectivity index (χ4v) is 3.53. The van der Waals surface area contributed by atoms with Crippen molar-refractivity contribution in [2.75, 3.05) is 13.1 Å². The number of amides is 4. The van der Waals surface area contributed by atoms with Gasteiger partial charge in [0.05, 0.1) is 22.2 Å². The lowest BCUT2D eigenvalue weighted by molar-refractivity contribution is -0.139. The van der Waals surface area contributed by atoms with Crippen LogP contribution >= 0.6 is 23.2 Å². The van der Waals surface area contributed by atoms with Crippen LogP contribution in [-0.2, 0) is 22.6 Å². The van der Waals surface area contributed by atoms with Crippen LogP contribution in [0.2, 0.25) is 10.0 Å². The summed E-state index contributed by atoms with van der Waals surface area (Å²) in [5.74, 6) is -2.24. The fraction of sp³-hybridized carbons (Fsp3) is 0.375. The number of primary amides is 1. The van der Waals surface area contributed by atoms with Gasteiger partial charge in [-0.05, 0) is 23.6 Å². The molecule has 1 heterocycles. The average Bonchev–Trinajstić information content (AvgIpc) is 2.57. The highest BCUT2D eigenvalue weighted by Crippen LogP contribution is 2.34. The van der Waals surface area contributed by atoms with Crippen molar-refractivity contribution in [2.45, 2.75) is 25.9 Å². The molecule has 1 aliphatic heterocycles. The Morgan fingerprint density at radius 3 is 2.56 bits per heavy atom. The molecule has 1 aromatic rings. The van der Waals surface area contributed by atoms with Crippen LogP contribution < -0.4 is 16.4 Å². The second-order valence-electron chi connectivity index (χ2n) is 5.99. The van der Waals surface area contributed by atoms with Gasteiger partial charge in [0.15, 0.2) is 0 Å². The van der Waals surface area contributed by atoms with Gasteiger partial charge in [0.1, 0.15) is 6.04 Å². The zero-order valence-corrected chi connectivity index (χ0v) is 15.9. The lowest BCUT2D eigenvalue weighted by Crippen LogP contribution is -2.49. The highest BCUT2D eigenvalue weighted by atomic mass is 35.5. The molecule has 1 aliphatic rings. The minimum absolute atomic E-state index is 0.0358. The molecule has 11 heteroatoms. The normalized spacial score (nSPS) is 14.1. The van der Waals surface area contributed by atoms with Crippen molar-refractivity contribution in [3.8, 4) is 0 Å². The predicted molar refractivity (Wildman–Crippen MR) is 97.7 cm³/mol. The third-order valence-electron chi connectivity index (χ3n) is 4.16. The Bertz CT molecular complexity index is 814. The second-order valence-corrected chi connectivity index (χ2v) is 6.77. The SMILES string of the molecule is CC(=O)N1CCc2c(cc(Cl)c(C(=O)N[C@@H](CNC(N)=O)C(=O)O)c2Cl)C1. The maximum absolute atomic E-state index is 12.6. The Morgan fingerprint density at radius 1 is 1.33 bits per heavy atom. The minimum Gasteiger partial charge on any atom is -0.480 e. The van der Waals surface area contributed by atoms with Crippen molar-refractivity contribution in [2.24, 2.45) is 5.73 Å². The Labute approximate surface area is 164 Å². The third-order valence-corrected chi connectivity index (χ3v) is 4.88.